The molecule has 280 valence electrons. The molecule has 10 aromatic rings. The zero-order valence-corrected chi connectivity index (χ0v) is 32.5. The highest BCUT2D eigenvalue weighted by Crippen LogP contribution is 2.46. The minimum absolute atomic E-state index is 0.00345. The fraction of sp³-hybridized carbons (Fsp3) is 0.0980. The molecule has 7 nitrogen and oxygen atoms in total. The van der Waals surface area contributed by atoms with Crippen LogP contribution in [0.15, 0.2) is 176 Å². The summed E-state index contributed by atoms with van der Waals surface area (Å²) >= 11 is 0. The summed E-state index contributed by atoms with van der Waals surface area (Å²) in [5, 5.41) is 4.78. The van der Waals surface area contributed by atoms with Crippen molar-refractivity contribution in [1.29, 1.82) is 0 Å². The van der Waals surface area contributed by atoms with Crippen LogP contribution in [0, 0.1) is 0 Å². The van der Waals surface area contributed by atoms with Crippen LogP contribution in [-0.4, -0.2) is 25.8 Å². The summed E-state index contributed by atoms with van der Waals surface area (Å²) in [6, 6.07) is 55.7. The molecule has 11 rings (SSSR count). The van der Waals surface area contributed by atoms with E-state index in [9.17, 15) is 0 Å². The lowest BCUT2D eigenvalue weighted by Crippen LogP contribution is -2.23. The van der Waals surface area contributed by atoms with Gasteiger partial charge in [0.05, 0.1) is 39.6 Å². The van der Waals surface area contributed by atoms with E-state index in [0.29, 0.717) is 6.67 Å². The topological polar surface area (TPSA) is 51.4 Å². The average molecular weight is 753 g/mol. The number of para-hydroxylation sites is 3. The molecule has 0 radical (unpaired) electrons. The van der Waals surface area contributed by atoms with Crippen LogP contribution in [-0.2, 0) is 5.41 Å². The summed E-state index contributed by atoms with van der Waals surface area (Å²) in [5.74, 6) is 2.41. The summed E-state index contributed by atoms with van der Waals surface area (Å²) in [4.78, 5) is 14.1. The first-order chi connectivity index (χ1) is 28.4. The van der Waals surface area contributed by atoms with E-state index in [-0.39, 0.29) is 5.41 Å². The molecule has 0 bridgehead atoms. The van der Waals surface area contributed by atoms with Gasteiger partial charge in [0.2, 0.25) is 0 Å². The molecule has 1 aliphatic rings. The number of pyridine rings is 2. The van der Waals surface area contributed by atoms with E-state index in [2.05, 4.69) is 196 Å². The fourth-order valence-electron chi connectivity index (χ4n) is 8.65. The third-order valence-electron chi connectivity index (χ3n) is 11.5. The number of rotatable bonds is 6. The lowest BCUT2D eigenvalue weighted by molar-refractivity contribution is 0.483. The van der Waals surface area contributed by atoms with Crippen LogP contribution in [0.2, 0.25) is 0 Å². The minimum Gasteiger partial charge on any atom is -0.457 e. The number of anilines is 4. The van der Waals surface area contributed by atoms with Gasteiger partial charge in [-0.3, -0.25) is 9.55 Å². The molecule has 0 aliphatic carbocycles. The van der Waals surface area contributed by atoms with Gasteiger partial charge in [-0.1, -0.05) is 81.4 Å². The van der Waals surface area contributed by atoms with Crippen LogP contribution in [0.1, 0.15) is 26.3 Å². The molecule has 0 saturated carbocycles. The van der Waals surface area contributed by atoms with Gasteiger partial charge in [0.15, 0.2) is 0 Å². The molecule has 0 saturated heterocycles. The number of fused-ring (bicyclic) bond motifs is 7. The largest absolute Gasteiger partial charge is 0.457 e. The van der Waals surface area contributed by atoms with E-state index in [1.165, 1.54) is 32.8 Å². The second-order valence-electron chi connectivity index (χ2n) is 16.0. The molecule has 0 fully saturated rings. The van der Waals surface area contributed by atoms with E-state index in [1.54, 1.807) is 0 Å². The molecule has 5 heterocycles. The van der Waals surface area contributed by atoms with Crippen LogP contribution in [0.5, 0.6) is 11.5 Å². The Morgan fingerprint density at radius 1 is 0.483 bits per heavy atom. The summed E-state index contributed by atoms with van der Waals surface area (Å²) < 4.78 is 11.3. The van der Waals surface area contributed by atoms with Crippen LogP contribution >= 0.6 is 0 Å². The zero-order chi connectivity index (χ0) is 39.0. The van der Waals surface area contributed by atoms with Gasteiger partial charge >= 0.3 is 0 Å². The lowest BCUT2D eigenvalue weighted by Gasteiger charge is -2.22. The van der Waals surface area contributed by atoms with Gasteiger partial charge in [0.1, 0.15) is 24.0 Å². The number of benzene rings is 6. The molecule has 0 amide bonds. The van der Waals surface area contributed by atoms with Gasteiger partial charge in [0, 0.05) is 63.1 Å². The predicted octanol–water partition coefficient (Wildman–Crippen LogP) is 13.0. The van der Waals surface area contributed by atoms with E-state index in [1.807, 2.05) is 24.7 Å². The van der Waals surface area contributed by atoms with Crippen molar-refractivity contribution in [2.45, 2.75) is 26.2 Å². The van der Waals surface area contributed by atoms with E-state index >= 15 is 0 Å². The van der Waals surface area contributed by atoms with Crippen molar-refractivity contribution in [2.75, 3.05) is 16.5 Å². The van der Waals surface area contributed by atoms with E-state index in [0.717, 1.165) is 62.2 Å². The quantitative estimate of drug-likeness (QED) is 0.169. The van der Waals surface area contributed by atoms with E-state index in [4.69, 9.17) is 9.72 Å². The maximum absolute atomic E-state index is 6.69. The normalized spacial score (nSPS) is 12.9. The molecule has 0 spiro atoms. The van der Waals surface area contributed by atoms with Crippen LogP contribution in [0.4, 0.5) is 22.7 Å². The van der Waals surface area contributed by atoms with Crippen molar-refractivity contribution < 1.29 is 4.74 Å². The standard InChI is InChI=1S/C51H40N6O/c1-51(2,3)34-24-27-53-50(28-34)57-45-19-10-7-16-40(45)42-22-21-39(31-48(42)57)58-38-15-11-14-36(29-38)55-33-54(47-25-26-52-32-49(47)55)37-20-23-46-43(30-37)41-17-8-9-18-44(41)56(46)35-12-5-4-6-13-35/h4-32H,33H2,1-3H3. The van der Waals surface area contributed by atoms with Gasteiger partial charge < -0.3 is 19.1 Å². The Kier molecular flexibility index (Phi) is 7.66. The highest BCUT2D eigenvalue weighted by atomic mass is 16.5. The molecule has 7 heteroatoms. The first kappa shape index (κ1) is 33.9. The van der Waals surface area contributed by atoms with E-state index < -0.39 is 0 Å². The summed E-state index contributed by atoms with van der Waals surface area (Å²) in [6.07, 6.45) is 5.75. The first-order valence-corrected chi connectivity index (χ1v) is 19.7. The van der Waals surface area contributed by atoms with Crippen molar-refractivity contribution in [1.82, 2.24) is 19.1 Å². The fourth-order valence-corrected chi connectivity index (χ4v) is 8.65. The van der Waals surface area contributed by atoms with Crippen LogP contribution in [0.3, 0.4) is 0 Å². The minimum atomic E-state index is -0.00345. The van der Waals surface area contributed by atoms with Crippen molar-refractivity contribution in [3.63, 3.8) is 0 Å². The van der Waals surface area contributed by atoms with Gasteiger partial charge in [-0.05, 0) is 95.9 Å². The molecular weight excluding hydrogens is 713 g/mol. The number of aromatic nitrogens is 4. The van der Waals surface area contributed by atoms with Crippen molar-refractivity contribution in [2.24, 2.45) is 0 Å². The first-order valence-electron chi connectivity index (χ1n) is 19.7. The zero-order valence-electron chi connectivity index (χ0n) is 32.5. The highest BCUT2D eigenvalue weighted by Gasteiger charge is 2.29. The Labute approximate surface area is 336 Å². The monoisotopic (exact) mass is 752 g/mol. The molecule has 6 aromatic carbocycles. The Hall–Kier alpha value is -7.38. The maximum atomic E-state index is 6.69. The predicted molar refractivity (Wildman–Crippen MR) is 238 cm³/mol. The Morgan fingerprint density at radius 3 is 1.98 bits per heavy atom. The molecular formula is C51H40N6O. The number of ether oxygens (including phenoxy) is 1. The Balaban J connectivity index is 0.944. The summed E-state index contributed by atoms with van der Waals surface area (Å²) in [6.45, 7) is 7.33. The smallest absolute Gasteiger partial charge is 0.137 e. The average Bonchev–Trinajstić information content (AvgIpc) is 3.92. The molecule has 0 unspecified atom stereocenters. The van der Waals surface area contributed by atoms with Gasteiger partial charge in [0.25, 0.3) is 0 Å². The number of hydrogen-bond donors (Lipinski definition) is 0. The third-order valence-corrected chi connectivity index (χ3v) is 11.5. The Morgan fingerprint density at radius 2 is 1.16 bits per heavy atom. The van der Waals surface area contributed by atoms with Gasteiger partial charge in [-0.15, -0.1) is 0 Å². The molecule has 4 aromatic heterocycles. The van der Waals surface area contributed by atoms with Crippen molar-refractivity contribution in [3.8, 4) is 23.0 Å². The van der Waals surface area contributed by atoms with Crippen molar-refractivity contribution in [3.05, 3.63) is 182 Å². The summed E-state index contributed by atoms with van der Waals surface area (Å²) in [5.41, 5.74) is 11.2. The second-order valence-corrected chi connectivity index (χ2v) is 16.0. The molecule has 0 atom stereocenters. The molecule has 0 N–H and O–H groups in total. The Bertz CT molecular complexity index is 3190. The number of hydrogen-bond acceptors (Lipinski definition) is 5. The van der Waals surface area contributed by atoms with Crippen LogP contribution < -0.4 is 14.5 Å². The molecule has 58 heavy (non-hydrogen) atoms. The van der Waals surface area contributed by atoms with Crippen molar-refractivity contribution >= 4 is 66.4 Å². The van der Waals surface area contributed by atoms with Crippen LogP contribution in [0.25, 0.3) is 55.1 Å². The number of nitrogens with zero attached hydrogens (tertiary/aromatic N) is 6. The second kappa shape index (κ2) is 13.1. The maximum Gasteiger partial charge on any atom is 0.137 e. The van der Waals surface area contributed by atoms with Gasteiger partial charge in [-0.25, -0.2) is 4.98 Å². The summed E-state index contributed by atoms with van der Waals surface area (Å²) in [7, 11) is 0. The van der Waals surface area contributed by atoms with Gasteiger partial charge in [-0.2, -0.15) is 0 Å². The molecule has 1 aliphatic heterocycles. The lowest BCUT2D eigenvalue weighted by atomic mass is 9.88. The third kappa shape index (κ3) is 5.50. The SMILES string of the molecule is CC(C)(C)c1ccnc(-n2c3ccccc3c3ccc(Oc4cccc(N5CN(c6ccc7c(c6)c6ccccc6n7-c6ccccc6)c6ccncc65)c4)cc32)c1. The highest BCUT2D eigenvalue weighted by molar-refractivity contribution is 6.11.